The lowest BCUT2D eigenvalue weighted by Gasteiger charge is -2.35. The van der Waals surface area contributed by atoms with E-state index >= 15 is 0 Å². The van der Waals surface area contributed by atoms with E-state index in [1.807, 2.05) is 4.90 Å². The molecule has 0 spiro atoms. The number of ether oxygens (including phenoxy) is 1. The molecule has 4 nitrogen and oxygen atoms in total. The van der Waals surface area contributed by atoms with E-state index < -0.39 is 0 Å². The maximum absolute atomic E-state index is 12.5. The number of urea groups is 1. The van der Waals surface area contributed by atoms with E-state index in [9.17, 15) is 4.79 Å². The highest BCUT2D eigenvalue weighted by Crippen LogP contribution is 2.25. The van der Waals surface area contributed by atoms with Crippen LogP contribution in [-0.2, 0) is 4.74 Å². The van der Waals surface area contributed by atoms with Crippen LogP contribution in [0.3, 0.4) is 0 Å². The van der Waals surface area contributed by atoms with E-state index in [0.717, 1.165) is 18.4 Å². The first-order valence-corrected chi connectivity index (χ1v) is 9.40. The summed E-state index contributed by atoms with van der Waals surface area (Å²) in [5.41, 5.74) is 2.50. The van der Waals surface area contributed by atoms with Gasteiger partial charge in [-0.25, -0.2) is 4.79 Å². The molecule has 24 heavy (non-hydrogen) atoms. The lowest BCUT2D eigenvalue weighted by molar-refractivity contribution is -0.0159. The highest BCUT2D eigenvalue weighted by Gasteiger charge is 2.27. The summed E-state index contributed by atoms with van der Waals surface area (Å²) in [5.74, 6) is 0.532. The van der Waals surface area contributed by atoms with Crippen molar-refractivity contribution < 1.29 is 9.53 Å². The maximum Gasteiger partial charge on any atom is 0.317 e. The van der Waals surface area contributed by atoms with E-state index in [0.29, 0.717) is 31.7 Å². The molecule has 1 heterocycles. The van der Waals surface area contributed by atoms with Gasteiger partial charge in [-0.1, -0.05) is 57.4 Å². The molecule has 1 atom stereocenters. The number of hydrogen-bond donors (Lipinski definition) is 1. The van der Waals surface area contributed by atoms with Crippen LogP contribution in [0.1, 0.15) is 69.1 Å². The van der Waals surface area contributed by atoms with Crippen molar-refractivity contribution in [2.45, 2.75) is 64.0 Å². The quantitative estimate of drug-likeness (QED) is 0.901. The fourth-order valence-electron chi connectivity index (χ4n) is 3.64. The van der Waals surface area contributed by atoms with Crippen molar-refractivity contribution in [1.82, 2.24) is 10.2 Å². The number of carbonyl (C=O) groups excluding carboxylic acids is 1. The predicted molar refractivity (Wildman–Crippen MR) is 96.2 cm³/mol. The van der Waals surface area contributed by atoms with Gasteiger partial charge in [-0.05, 0) is 29.9 Å². The van der Waals surface area contributed by atoms with Crippen LogP contribution in [0.25, 0.3) is 0 Å². The monoisotopic (exact) mass is 330 g/mol. The van der Waals surface area contributed by atoms with Crippen LogP contribution in [0.4, 0.5) is 4.79 Å². The van der Waals surface area contributed by atoms with Crippen LogP contribution in [0.5, 0.6) is 0 Å². The Morgan fingerprint density at radius 2 is 1.88 bits per heavy atom. The van der Waals surface area contributed by atoms with E-state index in [4.69, 9.17) is 4.74 Å². The molecule has 1 aliphatic carbocycles. The summed E-state index contributed by atoms with van der Waals surface area (Å²) in [6.07, 6.45) is 6.00. The van der Waals surface area contributed by atoms with Crippen LogP contribution in [0.15, 0.2) is 24.3 Å². The first-order valence-electron chi connectivity index (χ1n) is 9.40. The topological polar surface area (TPSA) is 41.6 Å². The van der Waals surface area contributed by atoms with Gasteiger partial charge in [0.25, 0.3) is 0 Å². The molecule has 2 aliphatic rings. The Morgan fingerprint density at radius 3 is 2.54 bits per heavy atom. The largest absolute Gasteiger partial charge is 0.370 e. The molecular formula is C20H30N2O2. The zero-order valence-corrected chi connectivity index (χ0v) is 15.0. The molecule has 1 unspecified atom stereocenters. The van der Waals surface area contributed by atoms with Gasteiger partial charge in [0.05, 0.1) is 13.2 Å². The highest BCUT2D eigenvalue weighted by atomic mass is 16.5. The zero-order chi connectivity index (χ0) is 16.9. The minimum atomic E-state index is -0.0166. The highest BCUT2D eigenvalue weighted by molar-refractivity contribution is 5.74. The third-order valence-electron chi connectivity index (χ3n) is 5.26. The van der Waals surface area contributed by atoms with Crippen molar-refractivity contribution in [3.63, 3.8) is 0 Å². The van der Waals surface area contributed by atoms with Gasteiger partial charge >= 0.3 is 6.03 Å². The second-order valence-electron chi connectivity index (χ2n) is 7.41. The Kier molecular flexibility index (Phi) is 5.77. The minimum absolute atomic E-state index is 0.0166. The van der Waals surface area contributed by atoms with Crippen molar-refractivity contribution in [2.24, 2.45) is 0 Å². The summed E-state index contributed by atoms with van der Waals surface area (Å²) < 4.78 is 5.91. The van der Waals surface area contributed by atoms with Gasteiger partial charge in [-0.2, -0.15) is 0 Å². The van der Waals surface area contributed by atoms with Crippen molar-refractivity contribution in [1.29, 1.82) is 0 Å². The van der Waals surface area contributed by atoms with E-state index in [1.165, 1.54) is 24.8 Å². The Hall–Kier alpha value is -1.55. The molecule has 2 fully saturated rings. The van der Waals surface area contributed by atoms with Crippen LogP contribution in [0.2, 0.25) is 0 Å². The van der Waals surface area contributed by atoms with E-state index in [1.54, 1.807) is 0 Å². The molecule has 0 bridgehead atoms. The standard InChI is InChI=1S/C20H30N2O2/c1-15(2)16-8-10-17(11-9-16)19-14-22(12-13-24-19)20(23)21-18-6-4-3-5-7-18/h8-11,15,18-19H,3-7,12-14H2,1-2H3,(H,21,23). The SMILES string of the molecule is CC(C)c1ccc(C2CN(C(=O)NC3CCCCC3)CCO2)cc1. The lowest BCUT2D eigenvalue weighted by Crippen LogP contribution is -2.50. The first-order chi connectivity index (χ1) is 11.6. The molecular weight excluding hydrogens is 300 g/mol. The second-order valence-corrected chi connectivity index (χ2v) is 7.41. The predicted octanol–water partition coefficient (Wildman–Crippen LogP) is 4.23. The first kappa shape index (κ1) is 17.3. The Morgan fingerprint density at radius 1 is 1.17 bits per heavy atom. The van der Waals surface area contributed by atoms with Gasteiger partial charge in [-0.3, -0.25) is 0 Å². The van der Waals surface area contributed by atoms with Gasteiger partial charge in [0.15, 0.2) is 0 Å². The van der Waals surface area contributed by atoms with E-state index in [-0.39, 0.29) is 12.1 Å². The second kappa shape index (κ2) is 8.02. The molecule has 132 valence electrons. The smallest absolute Gasteiger partial charge is 0.317 e. The maximum atomic E-state index is 12.5. The summed E-state index contributed by atoms with van der Waals surface area (Å²) >= 11 is 0. The van der Waals surface area contributed by atoms with Crippen LogP contribution in [0, 0.1) is 0 Å². The summed E-state index contributed by atoms with van der Waals surface area (Å²) in [4.78, 5) is 14.5. The summed E-state index contributed by atoms with van der Waals surface area (Å²) in [7, 11) is 0. The van der Waals surface area contributed by atoms with Crippen LogP contribution < -0.4 is 5.32 Å². The Bertz CT molecular complexity index is 535. The van der Waals surface area contributed by atoms with Crippen molar-refractivity contribution in [3.8, 4) is 0 Å². The molecule has 1 saturated carbocycles. The van der Waals surface area contributed by atoms with Gasteiger partial charge < -0.3 is 15.0 Å². The molecule has 3 rings (SSSR count). The van der Waals surface area contributed by atoms with Crippen LogP contribution in [-0.4, -0.2) is 36.7 Å². The number of nitrogens with one attached hydrogen (secondary N) is 1. The van der Waals surface area contributed by atoms with Gasteiger partial charge in [0.2, 0.25) is 0 Å². The van der Waals surface area contributed by atoms with E-state index in [2.05, 4.69) is 43.4 Å². The zero-order valence-electron chi connectivity index (χ0n) is 15.0. The molecule has 1 N–H and O–H groups in total. The van der Waals surface area contributed by atoms with Crippen molar-refractivity contribution in [3.05, 3.63) is 35.4 Å². The molecule has 1 saturated heterocycles. The average Bonchev–Trinajstić information content (AvgIpc) is 2.63. The summed E-state index contributed by atoms with van der Waals surface area (Å²) in [6, 6.07) is 9.06. The summed E-state index contributed by atoms with van der Waals surface area (Å²) in [6.45, 7) is 6.32. The normalized spacial score (nSPS) is 22.6. The summed E-state index contributed by atoms with van der Waals surface area (Å²) in [5, 5.41) is 3.22. The number of rotatable bonds is 3. The number of benzene rings is 1. The molecule has 4 heteroatoms. The fraction of sp³-hybridized carbons (Fsp3) is 0.650. The van der Waals surface area contributed by atoms with Gasteiger partial charge in [0.1, 0.15) is 6.10 Å². The molecule has 1 aromatic carbocycles. The Balaban J connectivity index is 1.58. The van der Waals surface area contributed by atoms with Crippen molar-refractivity contribution in [2.75, 3.05) is 19.7 Å². The number of carbonyl (C=O) groups is 1. The molecule has 1 aromatic rings. The van der Waals surface area contributed by atoms with Gasteiger partial charge in [-0.15, -0.1) is 0 Å². The molecule has 0 aromatic heterocycles. The lowest BCUT2D eigenvalue weighted by atomic mass is 9.96. The number of morpholine rings is 1. The number of nitrogens with zero attached hydrogens (tertiary/aromatic N) is 1. The van der Waals surface area contributed by atoms with Crippen LogP contribution >= 0.6 is 0 Å². The third-order valence-corrected chi connectivity index (χ3v) is 5.26. The van der Waals surface area contributed by atoms with Gasteiger partial charge in [0, 0.05) is 12.6 Å². The fourth-order valence-corrected chi connectivity index (χ4v) is 3.64. The number of amides is 2. The molecule has 2 amide bonds. The number of hydrogen-bond acceptors (Lipinski definition) is 2. The molecule has 0 radical (unpaired) electrons. The van der Waals surface area contributed by atoms with Crippen molar-refractivity contribution >= 4 is 6.03 Å². The molecule has 1 aliphatic heterocycles. The third kappa shape index (κ3) is 4.29. The average molecular weight is 330 g/mol. The Labute approximate surface area is 145 Å². The minimum Gasteiger partial charge on any atom is -0.370 e.